The number of aldehydes is 1. The van der Waals surface area contributed by atoms with Gasteiger partial charge < -0.3 is 4.90 Å². The van der Waals surface area contributed by atoms with E-state index in [9.17, 15) is 9.59 Å². The molecule has 1 heterocycles. The van der Waals surface area contributed by atoms with Crippen molar-refractivity contribution in [3.05, 3.63) is 82.4 Å². The lowest BCUT2D eigenvalue weighted by Crippen LogP contribution is -2.48. The minimum Gasteiger partial charge on any atom is -0.336 e. The molecule has 0 N–H and O–H groups in total. The van der Waals surface area contributed by atoms with E-state index in [0.29, 0.717) is 24.2 Å². The second kappa shape index (κ2) is 8.13. The predicted molar refractivity (Wildman–Crippen MR) is 112 cm³/mol. The van der Waals surface area contributed by atoms with Gasteiger partial charge in [0.2, 0.25) is 0 Å². The monoisotopic (exact) mass is 392 g/mol. The van der Waals surface area contributed by atoms with Gasteiger partial charge in [-0.2, -0.15) is 0 Å². The summed E-state index contributed by atoms with van der Waals surface area (Å²) in [6.07, 6.45) is 0.839. The third-order valence-electron chi connectivity index (χ3n) is 5.29. The lowest BCUT2D eigenvalue weighted by molar-refractivity contribution is 0.0630. The number of amides is 1. The van der Waals surface area contributed by atoms with E-state index in [1.165, 1.54) is 5.56 Å². The van der Waals surface area contributed by atoms with Gasteiger partial charge in [0.1, 0.15) is 0 Å². The molecule has 0 aromatic heterocycles. The molecule has 0 saturated carbocycles. The Hall–Kier alpha value is -2.69. The molecule has 0 aliphatic carbocycles. The first kappa shape index (κ1) is 18.7. The quantitative estimate of drug-likeness (QED) is 0.623. The number of rotatable bonds is 4. The molecular formula is C23H21ClN2O2. The lowest BCUT2D eigenvalue weighted by atomic mass is 9.99. The Kier molecular flexibility index (Phi) is 5.42. The van der Waals surface area contributed by atoms with Crippen molar-refractivity contribution in [2.75, 3.05) is 26.2 Å². The van der Waals surface area contributed by atoms with Gasteiger partial charge in [-0.15, -0.1) is 0 Å². The van der Waals surface area contributed by atoms with E-state index in [1.807, 2.05) is 53.4 Å². The Morgan fingerprint density at radius 2 is 1.57 bits per heavy atom. The molecule has 4 nitrogen and oxygen atoms in total. The van der Waals surface area contributed by atoms with Crippen molar-refractivity contribution in [2.24, 2.45) is 0 Å². The van der Waals surface area contributed by atoms with Crippen LogP contribution in [0.5, 0.6) is 0 Å². The SMILES string of the molecule is O=Cc1ccc(C(=O)N2CCN(Cc3ccc(Cl)cc3)CC2)c2ccccc12. The van der Waals surface area contributed by atoms with Crippen LogP contribution in [0.3, 0.4) is 0 Å². The zero-order chi connectivity index (χ0) is 19.5. The molecule has 1 saturated heterocycles. The topological polar surface area (TPSA) is 40.6 Å². The minimum absolute atomic E-state index is 0.0276. The Morgan fingerprint density at radius 3 is 2.25 bits per heavy atom. The molecule has 5 heteroatoms. The van der Waals surface area contributed by atoms with Crippen molar-refractivity contribution >= 4 is 34.6 Å². The standard InChI is InChI=1S/C23H21ClN2O2/c24-19-8-5-17(6-9-19)15-25-11-13-26(14-12-25)23(28)22-10-7-18(16-27)20-3-1-2-4-21(20)22/h1-10,16H,11-15H2. The first-order chi connectivity index (χ1) is 13.7. The van der Waals surface area contributed by atoms with E-state index < -0.39 is 0 Å². The van der Waals surface area contributed by atoms with Crippen LogP contribution in [-0.4, -0.2) is 48.2 Å². The van der Waals surface area contributed by atoms with Gasteiger partial charge in [-0.1, -0.05) is 54.1 Å². The lowest BCUT2D eigenvalue weighted by Gasteiger charge is -2.35. The van der Waals surface area contributed by atoms with Crippen molar-refractivity contribution in [1.82, 2.24) is 9.80 Å². The van der Waals surface area contributed by atoms with E-state index in [4.69, 9.17) is 11.6 Å². The summed E-state index contributed by atoms with van der Waals surface area (Å²) in [6.45, 7) is 3.90. The number of carbonyl (C=O) groups excluding carboxylic acids is 2. The van der Waals surface area contributed by atoms with Crippen molar-refractivity contribution in [3.8, 4) is 0 Å². The second-order valence-electron chi connectivity index (χ2n) is 7.06. The molecule has 0 spiro atoms. The van der Waals surface area contributed by atoms with Crippen molar-refractivity contribution < 1.29 is 9.59 Å². The van der Waals surface area contributed by atoms with Crippen LogP contribution >= 0.6 is 11.6 Å². The maximum absolute atomic E-state index is 13.1. The van der Waals surface area contributed by atoms with Gasteiger partial charge in [0, 0.05) is 48.9 Å². The van der Waals surface area contributed by atoms with Crippen LogP contribution < -0.4 is 0 Å². The zero-order valence-electron chi connectivity index (χ0n) is 15.5. The number of fused-ring (bicyclic) bond motifs is 1. The van der Waals surface area contributed by atoms with Crippen molar-refractivity contribution in [2.45, 2.75) is 6.54 Å². The van der Waals surface area contributed by atoms with E-state index in [1.54, 1.807) is 12.1 Å². The van der Waals surface area contributed by atoms with E-state index in [2.05, 4.69) is 4.90 Å². The maximum atomic E-state index is 13.1. The molecule has 3 aromatic rings. The third-order valence-corrected chi connectivity index (χ3v) is 5.55. The van der Waals surface area contributed by atoms with Crippen LogP contribution in [0.25, 0.3) is 10.8 Å². The molecule has 4 rings (SSSR count). The Balaban J connectivity index is 1.46. The number of hydrogen-bond donors (Lipinski definition) is 0. The maximum Gasteiger partial charge on any atom is 0.254 e. The molecule has 0 atom stereocenters. The number of nitrogens with zero attached hydrogens (tertiary/aromatic N) is 2. The molecule has 28 heavy (non-hydrogen) atoms. The molecule has 1 fully saturated rings. The van der Waals surface area contributed by atoms with Crippen molar-refractivity contribution in [3.63, 3.8) is 0 Å². The van der Waals surface area contributed by atoms with E-state index in [-0.39, 0.29) is 5.91 Å². The molecule has 0 bridgehead atoms. The predicted octanol–water partition coefficient (Wildman–Crippen LogP) is 4.26. The van der Waals surface area contributed by atoms with Crippen molar-refractivity contribution in [1.29, 1.82) is 0 Å². The summed E-state index contributed by atoms with van der Waals surface area (Å²) in [7, 11) is 0. The highest BCUT2D eigenvalue weighted by Gasteiger charge is 2.23. The van der Waals surface area contributed by atoms with Crippen LogP contribution in [0.15, 0.2) is 60.7 Å². The van der Waals surface area contributed by atoms with Crippen LogP contribution in [0.4, 0.5) is 0 Å². The highest BCUT2D eigenvalue weighted by molar-refractivity contribution is 6.30. The first-order valence-corrected chi connectivity index (χ1v) is 9.76. The number of benzene rings is 3. The number of halogens is 1. The first-order valence-electron chi connectivity index (χ1n) is 9.39. The van der Waals surface area contributed by atoms with Gasteiger partial charge in [0.15, 0.2) is 6.29 Å². The van der Waals surface area contributed by atoms with Crippen LogP contribution in [0.1, 0.15) is 26.3 Å². The fourth-order valence-electron chi connectivity index (χ4n) is 3.74. The van der Waals surface area contributed by atoms with E-state index in [0.717, 1.165) is 41.7 Å². The summed E-state index contributed by atoms with van der Waals surface area (Å²) in [5.41, 5.74) is 2.49. The smallest absolute Gasteiger partial charge is 0.254 e. The summed E-state index contributed by atoms with van der Waals surface area (Å²) in [5.74, 6) is 0.0276. The summed E-state index contributed by atoms with van der Waals surface area (Å²) in [6, 6.07) is 19.0. The van der Waals surface area contributed by atoms with Gasteiger partial charge in [-0.05, 0) is 34.5 Å². The summed E-state index contributed by atoms with van der Waals surface area (Å²) < 4.78 is 0. The molecule has 0 radical (unpaired) electrons. The average molecular weight is 393 g/mol. The highest BCUT2D eigenvalue weighted by atomic mass is 35.5. The second-order valence-corrected chi connectivity index (χ2v) is 7.50. The minimum atomic E-state index is 0.0276. The van der Waals surface area contributed by atoms with Gasteiger partial charge in [-0.25, -0.2) is 0 Å². The van der Waals surface area contributed by atoms with Crippen LogP contribution in [-0.2, 0) is 6.54 Å². The molecule has 1 amide bonds. The van der Waals surface area contributed by atoms with Gasteiger partial charge in [-0.3, -0.25) is 14.5 Å². The normalized spacial score (nSPS) is 15.0. The molecule has 0 unspecified atom stereocenters. The van der Waals surface area contributed by atoms with Gasteiger partial charge >= 0.3 is 0 Å². The summed E-state index contributed by atoms with van der Waals surface area (Å²) >= 11 is 5.95. The van der Waals surface area contributed by atoms with Crippen LogP contribution in [0.2, 0.25) is 5.02 Å². The fraction of sp³-hybridized carbons (Fsp3) is 0.217. The molecular weight excluding hydrogens is 372 g/mol. The average Bonchev–Trinajstić information content (AvgIpc) is 2.74. The molecule has 1 aliphatic heterocycles. The highest BCUT2D eigenvalue weighted by Crippen LogP contribution is 2.24. The van der Waals surface area contributed by atoms with Gasteiger partial charge in [0.05, 0.1) is 0 Å². The van der Waals surface area contributed by atoms with Crippen LogP contribution in [0, 0.1) is 0 Å². The molecule has 142 valence electrons. The molecule has 1 aliphatic rings. The van der Waals surface area contributed by atoms with Gasteiger partial charge in [0.25, 0.3) is 5.91 Å². The molecule has 3 aromatic carbocycles. The summed E-state index contributed by atoms with van der Waals surface area (Å²) in [4.78, 5) is 28.7. The Bertz CT molecular complexity index is 1010. The van der Waals surface area contributed by atoms with E-state index >= 15 is 0 Å². The number of carbonyl (C=O) groups is 2. The zero-order valence-corrected chi connectivity index (χ0v) is 16.2. The number of hydrogen-bond acceptors (Lipinski definition) is 3. The fourth-order valence-corrected chi connectivity index (χ4v) is 3.87. The Morgan fingerprint density at radius 1 is 0.893 bits per heavy atom. The number of piperazine rings is 1. The Labute approximate surface area is 169 Å². The third kappa shape index (κ3) is 3.79. The summed E-state index contributed by atoms with van der Waals surface area (Å²) in [5, 5.41) is 2.40. The largest absolute Gasteiger partial charge is 0.336 e.